The van der Waals surface area contributed by atoms with Crippen LogP contribution in [0.1, 0.15) is 18.1 Å². The third-order valence-corrected chi connectivity index (χ3v) is 5.86. The molecule has 0 amide bonds. The largest absolute Gasteiger partial charge is 0.497 e. The number of methoxy groups -OCH3 is 2. The molecular weight excluding hydrogens is 440 g/mol. The molecule has 0 aliphatic carbocycles. The molecule has 5 heteroatoms. The van der Waals surface area contributed by atoms with E-state index in [0.717, 1.165) is 44.6 Å². The van der Waals surface area contributed by atoms with Crippen LogP contribution in [-0.4, -0.2) is 27.0 Å². The summed E-state index contributed by atoms with van der Waals surface area (Å²) in [5.41, 5.74) is 10.0. The number of hydrogen-bond donors (Lipinski definition) is 2. The molecule has 0 heterocycles. The Balaban J connectivity index is 2.02. The van der Waals surface area contributed by atoms with Crippen LogP contribution < -0.4 is 20.5 Å². The van der Waals surface area contributed by atoms with Gasteiger partial charge in [0, 0.05) is 12.8 Å². The van der Waals surface area contributed by atoms with Gasteiger partial charge in [0.15, 0.2) is 0 Å². The van der Waals surface area contributed by atoms with Crippen molar-refractivity contribution < 1.29 is 9.47 Å². The normalized spacial score (nSPS) is 13.2. The number of nitrogens with one attached hydrogen (secondary N) is 1. The molecule has 3 N–H and O–H groups in total. The Hall–Kier alpha value is -3.57. The van der Waals surface area contributed by atoms with E-state index in [1.165, 1.54) is 0 Å². The van der Waals surface area contributed by atoms with Crippen LogP contribution in [0.25, 0.3) is 12.2 Å². The van der Waals surface area contributed by atoms with Gasteiger partial charge in [0.2, 0.25) is 0 Å². The Morgan fingerprint density at radius 1 is 0.853 bits per heavy atom. The standard InChI is InChI=1S/C29H34N2O2S/c1-5-23(6-7-24-10-14-27(32-3)15-11-24)22-29(31-2)34-21-19-26(18-20-30)9-8-25-12-16-28(33-4)17-13-25/h5-20,22,31H,21,30H2,1-4H3/b7-6+,9-8+,20-18-,23-5-,26-19-,29-22+. The third kappa shape index (κ3) is 9.51. The van der Waals surface area contributed by atoms with Gasteiger partial charge in [-0.2, -0.15) is 0 Å². The van der Waals surface area contributed by atoms with E-state index in [9.17, 15) is 0 Å². The number of nitrogens with two attached hydrogens (primary N) is 1. The van der Waals surface area contributed by atoms with Gasteiger partial charge in [-0.25, -0.2) is 0 Å². The minimum atomic E-state index is 0.804. The zero-order valence-corrected chi connectivity index (χ0v) is 21.1. The topological polar surface area (TPSA) is 56.5 Å². The fourth-order valence-electron chi connectivity index (χ4n) is 2.91. The lowest BCUT2D eigenvalue weighted by Crippen LogP contribution is -2.03. The van der Waals surface area contributed by atoms with E-state index in [0.29, 0.717) is 0 Å². The quantitative estimate of drug-likeness (QED) is 0.341. The molecule has 0 fully saturated rings. The fourth-order valence-corrected chi connectivity index (χ4v) is 3.73. The van der Waals surface area contributed by atoms with E-state index < -0.39 is 0 Å². The van der Waals surface area contributed by atoms with E-state index >= 15 is 0 Å². The highest BCUT2D eigenvalue weighted by molar-refractivity contribution is 8.03. The Kier molecular flexibility index (Phi) is 12.0. The molecule has 0 bridgehead atoms. The van der Waals surface area contributed by atoms with Gasteiger partial charge in [-0.15, -0.1) is 11.8 Å². The fraction of sp³-hybridized carbons (Fsp3) is 0.172. The maximum absolute atomic E-state index is 5.65. The van der Waals surface area contributed by atoms with Crippen molar-refractivity contribution in [3.8, 4) is 11.5 Å². The zero-order chi connectivity index (χ0) is 24.6. The first-order chi connectivity index (χ1) is 16.6. The number of thioether (sulfide) groups is 1. The summed E-state index contributed by atoms with van der Waals surface area (Å²) < 4.78 is 10.4. The lowest BCUT2D eigenvalue weighted by Gasteiger charge is -2.06. The molecule has 178 valence electrons. The van der Waals surface area contributed by atoms with Crippen LogP contribution >= 0.6 is 11.8 Å². The van der Waals surface area contributed by atoms with Gasteiger partial charge in [0.05, 0.1) is 19.2 Å². The maximum atomic E-state index is 5.65. The third-order valence-electron chi connectivity index (χ3n) is 4.89. The molecule has 0 aliphatic rings. The van der Waals surface area contributed by atoms with Crippen molar-refractivity contribution in [2.45, 2.75) is 6.92 Å². The summed E-state index contributed by atoms with van der Waals surface area (Å²) in [5.74, 6) is 2.50. The molecule has 2 aromatic carbocycles. The number of benzene rings is 2. The Morgan fingerprint density at radius 3 is 1.82 bits per heavy atom. The molecule has 0 saturated heterocycles. The zero-order valence-electron chi connectivity index (χ0n) is 20.3. The molecule has 0 aromatic heterocycles. The molecule has 0 aliphatic heterocycles. The average molecular weight is 475 g/mol. The highest BCUT2D eigenvalue weighted by atomic mass is 32.2. The summed E-state index contributed by atoms with van der Waals surface area (Å²) in [7, 11) is 5.28. The lowest BCUT2D eigenvalue weighted by molar-refractivity contribution is 0.414. The van der Waals surface area contributed by atoms with Crippen molar-refractivity contribution in [1.82, 2.24) is 5.32 Å². The van der Waals surface area contributed by atoms with Gasteiger partial charge >= 0.3 is 0 Å². The van der Waals surface area contributed by atoms with Gasteiger partial charge in [-0.3, -0.25) is 0 Å². The predicted molar refractivity (Wildman–Crippen MR) is 149 cm³/mol. The molecule has 0 saturated carbocycles. The van der Waals surface area contributed by atoms with Gasteiger partial charge in [0.1, 0.15) is 11.5 Å². The van der Waals surface area contributed by atoms with Crippen molar-refractivity contribution in [3.05, 3.63) is 118 Å². The van der Waals surface area contributed by atoms with Crippen LogP contribution in [0, 0.1) is 0 Å². The first-order valence-electron chi connectivity index (χ1n) is 11.0. The van der Waals surface area contributed by atoms with Crippen LogP contribution in [0.5, 0.6) is 11.5 Å². The van der Waals surface area contributed by atoms with Crippen molar-refractivity contribution in [1.29, 1.82) is 0 Å². The average Bonchev–Trinajstić information content (AvgIpc) is 2.89. The number of hydrogen-bond acceptors (Lipinski definition) is 5. The highest BCUT2D eigenvalue weighted by Crippen LogP contribution is 2.19. The molecule has 0 radical (unpaired) electrons. The van der Waals surface area contributed by atoms with Gasteiger partial charge in [-0.1, -0.05) is 60.7 Å². The summed E-state index contributed by atoms with van der Waals surface area (Å²) in [6, 6.07) is 15.9. The summed E-state index contributed by atoms with van der Waals surface area (Å²) in [6.45, 7) is 2.04. The second kappa shape index (κ2) is 15.3. The first-order valence-corrected chi connectivity index (χ1v) is 12.0. The van der Waals surface area contributed by atoms with Crippen molar-refractivity contribution >= 4 is 23.9 Å². The van der Waals surface area contributed by atoms with Gasteiger partial charge in [0.25, 0.3) is 0 Å². The first kappa shape index (κ1) is 26.7. The van der Waals surface area contributed by atoms with E-state index in [4.69, 9.17) is 15.2 Å². The number of allylic oxidation sites excluding steroid dienone is 7. The van der Waals surface area contributed by atoms with E-state index in [1.807, 2.05) is 68.6 Å². The maximum Gasteiger partial charge on any atom is 0.118 e. The molecule has 4 nitrogen and oxygen atoms in total. The van der Waals surface area contributed by atoms with Gasteiger partial charge < -0.3 is 20.5 Å². The van der Waals surface area contributed by atoms with Gasteiger partial charge in [-0.05, 0) is 71.8 Å². The van der Waals surface area contributed by atoms with E-state index in [1.54, 1.807) is 32.2 Å². The molecule has 2 aromatic rings. The van der Waals surface area contributed by atoms with Crippen molar-refractivity contribution in [2.24, 2.45) is 5.73 Å². The Bertz CT molecular complexity index is 1060. The van der Waals surface area contributed by atoms with Crippen LogP contribution in [0.2, 0.25) is 0 Å². The van der Waals surface area contributed by atoms with Crippen molar-refractivity contribution in [2.75, 3.05) is 27.0 Å². The summed E-state index contributed by atoms with van der Waals surface area (Å²) in [4.78, 5) is 0. The molecule has 0 spiro atoms. The SMILES string of the molecule is C/C=C(/C=C/c1ccc(OC)cc1)\C=C(/NC)SC/C=C(\C=C/N)/C=C/c1ccc(OC)cc1. The van der Waals surface area contributed by atoms with Crippen LogP contribution in [0.4, 0.5) is 0 Å². The lowest BCUT2D eigenvalue weighted by atomic mass is 10.1. The summed E-state index contributed by atoms with van der Waals surface area (Å²) in [6.07, 6.45) is 18.2. The summed E-state index contributed by atoms with van der Waals surface area (Å²) >= 11 is 1.73. The van der Waals surface area contributed by atoms with E-state index in [-0.39, 0.29) is 0 Å². The van der Waals surface area contributed by atoms with E-state index in [2.05, 4.69) is 47.8 Å². The van der Waals surface area contributed by atoms with Crippen LogP contribution in [-0.2, 0) is 0 Å². The molecule has 0 atom stereocenters. The van der Waals surface area contributed by atoms with Crippen LogP contribution in [0.15, 0.2) is 107 Å². The molecular formula is C29H34N2O2S. The monoisotopic (exact) mass is 474 g/mol. The minimum Gasteiger partial charge on any atom is -0.497 e. The number of rotatable bonds is 12. The molecule has 0 unspecified atom stereocenters. The van der Waals surface area contributed by atoms with Crippen LogP contribution in [0.3, 0.4) is 0 Å². The molecule has 2 rings (SSSR count). The Morgan fingerprint density at radius 2 is 1.38 bits per heavy atom. The smallest absolute Gasteiger partial charge is 0.118 e. The summed E-state index contributed by atoms with van der Waals surface area (Å²) in [5, 5.41) is 4.37. The Labute approximate surface area is 208 Å². The molecule has 34 heavy (non-hydrogen) atoms. The number of ether oxygens (including phenoxy) is 2. The second-order valence-electron chi connectivity index (χ2n) is 7.13. The highest BCUT2D eigenvalue weighted by Gasteiger charge is 1.98. The van der Waals surface area contributed by atoms with Crippen molar-refractivity contribution in [3.63, 3.8) is 0 Å². The predicted octanol–water partition coefficient (Wildman–Crippen LogP) is 6.57. The minimum absolute atomic E-state index is 0.804. The second-order valence-corrected chi connectivity index (χ2v) is 8.20.